The summed E-state index contributed by atoms with van der Waals surface area (Å²) in [4.78, 5) is 2.31. The maximum absolute atomic E-state index is 10.8. The van der Waals surface area contributed by atoms with Gasteiger partial charge in [0.25, 0.3) is 0 Å². The molecule has 1 heterocycles. The molecule has 1 unspecified atom stereocenters. The van der Waals surface area contributed by atoms with Crippen LogP contribution in [0.3, 0.4) is 0 Å². The van der Waals surface area contributed by atoms with Crippen molar-refractivity contribution >= 4 is 0 Å². The smallest absolute Gasteiger partial charge is 0.222 e. The van der Waals surface area contributed by atoms with Crippen molar-refractivity contribution in [3.63, 3.8) is 0 Å². The van der Waals surface area contributed by atoms with Crippen LogP contribution >= 0.6 is 0 Å². The van der Waals surface area contributed by atoms with Crippen molar-refractivity contribution in [3.05, 3.63) is 102 Å². The van der Waals surface area contributed by atoms with E-state index in [4.69, 9.17) is 9.84 Å². The van der Waals surface area contributed by atoms with Gasteiger partial charge in [0.15, 0.2) is 0 Å². The highest BCUT2D eigenvalue weighted by molar-refractivity contribution is 5.65. The molecule has 0 radical (unpaired) electrons. The van der Waals surface area contributed by atoms with Crippen molar-refractivity contribution in [2.24, 2.45) is 7.05 Å². The Kier molecular flexibility index (Phi) is 8.93. The lowest BCUT2D eigenvalue weighted by Gasteiger charge is -2.26. The van der Waals surface area contributed by atoms with Gasteiger partial charge in [0.1, 0.15) is 11.4 Å². The van der Waals surface area contributed by atoms with Gasteiger partial charge in [-0.15, -0.1) is 0 Å². The number of aryl methyl sites for hydroxylation is 2. The third-order valence-electron chi connectivity index (χ3n) is 6.36. The third kappa shape index (κ3) is 6.84. The Labute approximate surface area is 215 Å². The van der Waals surface area contributed by atoms with Gasteiger partial charge >= 0.3 is 0 Å². The van der Waals surface area contributed by atoms with E-state index in [1.807, 2.05) is 48.1 Å². The first-order valence-corrected chi connectivity index (χ1v) is 12.8. The summed E-state index contributed by atoms with van der Waals surface area (Å²) in [6, 6.07) is 28.8. The topological polar surface area (TPSA) is 50.5 Å². The van der Waals surface area contributed by atoms with Gasteiger partial charge in [0.05, 0.1) is 11.7 Å². The molecule has 3 aromatic carbocycles. The van der Waals surface area contributed by atoms with Crippen molar-refractivity contribution in [2.45, 2.75) is 52.3 Å². The van der Waals surface area contributed by atoms with Crippen LogP contribution in [0.15, 0.2) is 84.9 Å². The van der Waals surface area contributed by atoms with Gasteiger partial charge in [0.2, 0.25) is 5.88 Å². The molecule has 0 amide bonds. The second kappa shape index (κ2) is 12.5. The highest BCUT2D eigenvalue weighted by atomic mass is 16.5. The Morgan fingerprint density at radius 2 is 1.58 bits per heavy atom. The van der Waals surface area contributed by atoms with Gasteiger partial charge in [-0.3, -0.25) is 4.90 Å². The number of aromatic nitrogens is 2. The van der Waals surface area contributed by atoms with E-state index in [0.29, 0.717) is 13.1 Å². The van der Waals surface area contributed by atoms with Gasteiger partial charge < -0.3 is 9.84 Å². The molecule has 4 rings (SSSR count). The zero-order chi connectivity index (χ0) is 25.3. The van der Waals surface area contributed by atoms with Crippen molar-refractivity contribution < 1.29 is 9.84 Å². The first-order chi connectivity index (χ1) is 17.5. The van der Waals surface area contributed by atoms with E-state index in [0.717, 1.165) is 54.3 Å². The van der Waals surface area contributed by atoms with Crippen LogP contribution in [-0.2, 0) is 20.1 Å². The minimum absolute atomic E-state index is 0.382. The SMILES string of the molecule is CCCCC(O)CN(Cc1ccccc1)Cc1c(-c2ccccc2)nn(C)c1Oc1ccc(C)cc1. The van der Waals surface area contributed by atoms with Gasteiger partial charge in [-0.25, -0.2) is 4.68 Å². The molecule has 188 valence electrons. The predicted octanol–water partition coefficient (Wildman–Crippen LogP) is 6.74. The molecule has 36 heavy (non-hydrogen) atoms. The number of hydrogen-bond donors (Lipinski definition) is 1. The zero-order valence-electron chi connectivity index (χ0n) is 21.6. The Hall–Kier alpha value is -3.41. The molecule has 0 saturated carbocycles. The molecule has 0 spiro atoms. The highest BCUT2D eigenvalue weighted by Crippen LogP contribution is 2.34. The number of benzene rings is 3. The Morgan fingerprint density at radius 1 is 0.917 bits per heavy atom. The van der Waals surface area contributed by atoms with E-state index in [9.17, 15) is 5.11 Å². The molecule has 0 aliphatic rings. The number of ether oxygens (including phenoxy) is 1. The van der Waals surface area contributed by atoms with Crippen LogP contribution < -0.4 is 4.74 Å². The second-order valence-corrected chi connectivity index (χ2v) is 9.49. The van der Waals surface area contributed by atoms with E-state index in [1.165, 1.54) is 11.1 Å². The molecular weight excluding hydrogens is 446 g/mol. The third-order valence-corrected chi connectivity index (χ3v) is 6.36. The standard InChI is InChI=1S/C31H37N3O2/c1-4-5-16-27(35)22-34(21-25-12-8-6-9-13-25)23-29-30(26-14-10-7-11-15-26)32-33(3)31(29)36-28-19-17-24(2)18-20-28/h6-15,17-20,27,35H,4-5,16,21-23H2,1-3H3. The predicted molar refractivity (Wildman–Crippen MR) is 146 cm³/mol. The fourth-order valence-corrected chi connectivity index (χ4v) is 4.45. The summed E-state index contributed by atoms with van der Waals surface area (Å²) in [5.41, 5.74) is 5.37. The number of rotatable bonds is 12. The largest absolute Gasteiger partial charge is 0.439 e. The van der Waals surface area contributed by atoms with E-state index in [1.54, 1.807) is 0 Å². The van der Waals surface area contributed by atoms with Crippen molar-refractivity contribution in [1.29, 1.82) is 0 Å². The first-order valence-electron chi connectivity index (χ1n) is 12.8. The highest BCUT2D eigenvalue weighted by Gasteiger charge is 2.23. The fourth-order valence-electron chi connectivity index (χ4n) is 4.45. The fraction of sp³-hybridized carbons (Fsp3) is 0.323. The van der Waals surface area contributed by atoms with Crippen LogP contribution in [0.5, 0.6) is 11.6 Å². The van der Waals surface area contributed by atoms with Crippen LogP contribution in [0, 0.1) is 6.92 Å². The summed E-state index contributed by atoms with van der Waals surface area (Å²) in [5.74, 6) is 1.50. The van der Waals surface area contributed by atoms with Crippen LogP contribution in [-0.4, -0.2) is 32.4 Å². The van der Waals surface area contributed by atoms with E-state index < -0.39 is 0 Å². The average Bonchev–Trinajstić information content (AvgIpc) is 3.19. The normalized spacial score (nSPS) is 12.1. The molecule has 0 aliphatic heterocycles. The maximum Gasteiger partial charge on any atom is 0.222 e. The van der Waals surface area contributed by atoms with E-state index in [2.05, 4.69) is 67.3 Å². The molecule has 1 aromatic heterocycles. The molecule has 5 nitrogen and oxygen atoms in total. The Bertz CT molecular complexity index is 1200. The Morgan fingerprint density at radius 3 is 2.25 bits per heavy atom. The lowest BCUT2D eigenvalue weighted by molar-refractivity contribution is 0.0954. The molecule has 0 saturated heterocycles. The molecule has 1 atom stereocenters. The van der Waals surface area contributed by atoms with Gasteiger partial charge in [-0.05, 0) is 31.0 Å². The van der Waals surface area contributed by atoms with Gasteiger partial charge in [-0.1, -0.05) is 98.1 Å². The molecule has 1 N–H and O–H groups in total. The lowest BCUT2D eigenvalue weighted by Crippen LogP contribution is -2.32. The minimum atomic E-state index is -0.382. The zero-order valence-corrected chi connectivity index (χ0v) is 21.6. The second-order valence-electron chi connectivity index (χ2n) is 9.49. The lowest BCUT2D eigenvalue weighted by atomic mass is 10.1. The molecule has 0 fully saturated rings. The van der Waals surface area contributed by atoms with Crippen molar-refractivity contribution in [2.75, 3.05) is 6.54 Å². The number of aliphatic hydroxyl groups excluding tert-OH is 1. The number of hydrogen-bond acceptors (Lipinski definition) is 4. The van der Waals surface area contributed by atoms with Crippen LogP contribution in [0.2, 0.25) is 0 Å². The van der Waals surface area contributed by atoms with Crippen molar-refractivity contribution in [3.8, 4) is 22.9 Å². The van der Waals surface area contributed by atoms with Crippen LogP contribution in [0.1, 0.15) is 42.9 Å². The van der Waals surface area contributed by atoms with E-state index >= 15 is 0 Å². The number of unbranched alkanes of at least 4 members (excludes halogenated alkanes) is 1. The van der Waals surface area contributed by atoms with Gasteiger partial charge in [0, 0.05) is 32.2 Å². The van der Waals surface area contributed by atoms with Crippen LogP contribution in [0.25, 0.3) is 11.3 Å². The minimum Gasteiger partial charge on any atom is -0.439 e. The van der Waals surface area contributed by atoms with Crippen molar-refractivity contribution in [1.82, 2.24) is 14.7 Å². The summed E-state index contributed by atoms with van der Waals surface area (Å²) < 4.78 is 8.25. The summed E-state index contributed by atoms with van der Waals surface area (Å²) in [6.07, 6.45) is 2.51. The monoisotopic (exact) mass is 483 g/mol. The quantitative estimate of drug-likeness (QED) is 0.242. The van der Waals surface area contributed by atoms with E-state index in [-0.39, 0.29) is 6.10 Å². The van der Waals surface area contributed by atoms with Gasteiger partial charge in [-0.2, -0.15) is 5.10 Å². The van der Waals surface area contributed by atoms with Crippen LogP contribution in [0.4, 0.5) is 0 Å². The Balaban J connectivity index is 1.70. The molecular formula is C31H37N3O2. The summed E-state index contributed by atoms with van der Waals surface area (Å²) >= 11 is 0. The molecule has 0 bridgehead atoms. The first kappa shape index (κ1) is 25.7. The number of nitrogens with zero attached hydrogens (tertiary/aromatic N) is 3. The summed E-state index contributed by atoms with van der Waals surface area (Å²) in [7, 11) is 1.93. The number of aliphatic hydroxyl groups is 1. The maximum atomic E-state index is 10.8. The molecule has 4 aromatic rings. The molecule has 0 aliphatic carbocycles. The average molecular weight is 484 g/mol. The summed E-state index contributed by atoms with van der Waals surface area (Å²) in [5, 5.41) is 15.7. The summed E-state index contributed by atoms with van der Waals surface area (Å²) in [6.45, 7) is 6.15. The molecule has 5 heteroatoms.